The van der Waals surface area contributed by atoms with Crippen molar-refractivity contribution in [3.05, 3.63) is 42.0 Å². The molecule has 0 unspecified atom stereocenters. The summed E-state index contributed by atoms with van der Waals surface area (Å²) in [4.78, 5) is 0. The number of hydrogen-bond donors (Lipinski definition) is 0. The van der Waals surface area contributed by atoms with E-state index < -0.39 is 24.4 Å². The van der Waals surface area contributed by atoms with Crippen LogP contribution in [0.2, 0.25) is 0 Å². The fourth-order valence-corrected chi connectivity index (χ4v) is 1.45. The molecule has 0 aliphatic heterocycles. The molecule has 0 aliphatic carbocycles. The van der Waals surface area contributed by atoms with Gasteiger partial charge in [-0.25, -0.2) is 0 Å². The Balaban J connectivity index is 3.13. The molecule has 0 amide bonds. The van der Waals surface area contributed by atoms with Crippen LogP contribution in [0.1, 0.15) is 11.1 Å². The van der Waals surface area contributed by atoms with Crippen molar-refractivity contribution >= 4 is 6.08 Å². The molecule has 0 radical (unpaired) electrons. The molecular formula is C12H9F7. The molecule has 0 fully saturated rings. The third kappa shape index (κ3) is 2.90. The Hall–Kier alpha value is -1.53. The van der Waals surface area contributed by atoms with Crippen molar-refractivity contribution in [1.82, 2.24) is 0 Å². The Labute approximate surface area is 104 Å². The first-order valence-corrected chi connectivity index (χ1v) is 5.05. The molecule has 1 aromatic rings. The Morgan fingerprint density at radius 2 is 1.47 bits per heavy atom. The standard InChI is InChI=1S/C12H9F7/c1-2-8-5-3-4-6-9(8)7-10(13,14)11(15,16)12(17,18)19/h2-6H,1,7H2. The van der Waals surface area contributed by atoms with Gasteiger partial charge in [0.05, 0.1) is 0 Å². The number of alkyl halides is 7. The molecule has 0 aromatic heterocycles. The maximum Gasteiger partial charge on any atom is 0.459 e. The fraction of sp³-hybridized carbons (Fsp3) is 0.333. The number of halogens is 7. The average Bonchev–Trinajstić information content (AvgIpc) is 2.27. The summed E-state index contributed by atoms with van der Waals surface area (Å²) < 4.78 is 87.7. The van der Waals surface area contributed by atoms with Crippen molar-refractivity contribution in [2.24, 2.45) is 0 Å². The Morgan fingerprint density at radius 3 is 1.95 bits per heavy atom. The van der Waals surface area contributed by atoms with Gasteiger partial charge in [0.2, 0.25) is 0 Å². The van der Waals surface area contributed by atoms with Crippen molar-refractivity contribution in [2.45, 2.75) is 24.4 Å². The van der Waals surface area contributed by atoms with Crippen molar-refractivity contribution < 1.29 is 30.7 Å². The lowest BCUT2D eigenvalue weighted by Crippen LogP contribution is -2.53. The zero-order chi connectivity index (χ0) is 14.9. The minimum absolute atomic E-state index is 0.0835. The molecule has 0 nitrogen and oxygen atoms in total. The van der Waals surface area contributed by atoms with Crippen LogP contribution in [0.25, 0.3) is 6.08 Å². The van der Waals surface area contributed by atoms with E-state index in [2.05, 4.69) is 6.58 Å². The number of hydrogen-bond acceptors (Lipinski definition) is 0. The van der Waals surface area contributed by atoms with Gasteiger partial charge in [-0.1, -0.05) is 36.9 Å². The van der Waals surface area contributed by atoms with Crippen LogP contribution in [0, 0.1) is 0 Å². The molecule has 0 saturated heterocycles. The highest BCUT2D eigenvalue weighted by Gasteiger charge is 2.72. The summed E-state index contributed by atoms with van der Waals surface area (Å²) in [7, 11) is 0. The minimum atomic E-state index is -6.31. The molecule has 1 rings (SSSR count). The van der Waals surface area contributed by atoms with E-state index in [0.717, 1.165) is 12.1 Å². The third-order valence-electron chi connectivity index (χ3n) is 2.50. The summed E-state index contributed by atoms with van der Waals surface area (Å²) in [6.45, 7) is 3.28. The van der Waals surface area contributed by atoms with Gasteiger partial charge in [-0.3, -0.25) is 0 Å². The van der Waals surface area contributed by atoms with Crippen LogP contribution >= 0.6 is 0 Å². The molecule has 0 N–H and O–H groups in total. The summed E-state index contributed by atoms with van der Waals surface area (Å²) in [5.74, 6) is -11.3. The van der Waals surface area contributed by atoms with Gasteiger partial charge in [0, 0.05) is 6.42 Å². The summed E-state index contributed by atoms with van der Waals surface area (Å²) >= 11 is 0. The zero-order valence-corrected chi connectivity index (χ0v) is 9.45. The SMILES string of the molecule is C=Cc1ccccc1CC(F)(F)C(F)(F)C(F)(F)F. The Bertz CT molecular complexity index is 459. The van der Waals surface area contributed by atoms with Crippen LogP contribution in [-0.4, -0.2) is 18.0 Å². The summed E-state index contributed by atoms with van der Waals surface area (Å²) in [5, 5.41) is 0. The molecule has 1 aromatic carbocycles. The highest BCUT2D eigenvalue weighted by Crippen LogP contribution is 2.48. The number of rotatable bonds is 4. The maximum absolute atomic E-state index is 13.2. The van der Waals surface area contributed by atoms with E-state index in [4.69, 9.17) is 0 Å². The first-order chi connectivity index (χ1) is 8.53. The topological polar surface area (TPSA) is 0 Å². The first kappa shape index (κ1) is 15.5. The highest BCUT2D eigenvalue weighted by molar-refractivity contribution is 5.52. The largest absolute Gasteiger partial charge is 0.459 e. The second-order valence-electron chi connectivity index (χ2n) is 3.86. The van der Waals surface area contributed by atoms with Gasteiger partial charge in [0.1, 0.15) is 0 Å². The Kier molecular flexibility index (Phi) is 3.97. The van der Waals surface area contributed by atoms with E-state index in [-0.39, 0.29) is 11.1 Å². The van der Waals surface area contributed by atoms with Crippen LogP contribution in [0.15, 0.2) is 30.8 Å². The second kappa shape index (κ2) is 4.86. The molecule has 0 saturated carbocycles. The maximum atomic E-state index is 13.2. The van der Waals surface area contributed by atoms with E-state index >= 15 is 0 Å². The van der Waals surface area contributed by atoms with E-state index in [1.165, 1.54) is 18.2 Å². The minimum Gasteiger partial charge on any atom is -0.199 e. The van der Waals surface area contributed by atoms with E-state index in [1.54, 1.807) is 0 Å². The van der Waals surface area contributed by atoms with Crippen LogP contribution < -0.4 is 0 Å². The van der Waals surface area contributed by atoms with Crippen LogP contribution in [0.4, 0.5) is 30.7 Å². The summed E-state index contributed by atoms with van der Waals surface area (Å²) in [6.07, 6.45) is -6.92. The van der Waals surface area contributed by atoms with Crippen LogP contribution in [-0.2, 0) is 6.42 Å². The fourth-order valence-electron chi connectivity index (χ4n) is 1.45. The molecule has 19 heavy (non-hydrogen) atoms. The summed E-state index contributed by atoms with van der Waals surface area (Å²) in [5.41, 5.74) is -0.244. The predicted octanol–water partition coefficient (Wildman–Crippen LogP) is 4.71. The van der Waals surface area contributed by atoms with Crippen molar-refractivity contribution in [3.63, 3.8) is 0 Å². The molecule has 0 aliphatic rings. The third-order valence-corrected chi connectivity index (χ3v) is 2.50. The Morgan fingerprint density at radius 1 is 0.947 bits per heavy atom. The van der Waals surface area contributed by atoms with Gasteiger partial charge in [-0.05, 0) is 11.1 Å². The molecule has 0 bridgehead atoms. The lowest BCUT2D eigenvalue weighted by molar-refractivity contribution is -0.354. The number of benzene rings is 1. The average molecular weight is 286 g/mol. The van der Waals surface area contributed by atoms with Crippen molar-refractivity contribution in [2.75, 3.05) is 0 Å². The molecule has 0 atom stereocenters. The van der Waals surface area contributed by atoms with Gasteiger partial charge in [-0.2, -0.15) is 30.7 Å². The van der Waals surface area contributed by atoms with Crippen LogP contribution in [0.5, 0.6) is 0 Å². The highest BCUT2D eigenvalue weighted by atomic mass is 19.4. The van der Waals surface area contributed by atoms with E-state index in [9.17, 15) is 30.7 Å². The van der Waals surface area contributed by atoms with Gasteiger partial charge in [0.15, 0.2) is 0 Å². The van der Waals surface area contributed by atoms with Gasteiger partial charge in [-0.15, -0.1) is 0 Å². The van der Waals surface area contributed by atoms with E-state index in [1.807, 2.05) is 0 Å². The molecule has 7 heteroatoms. The van der Waals surface area contributed by atoms with E-state index in [0.29, 0.717) is 0 Å². The van der Waals surface area contributed by atoms with Crippen molar-refractivity contribution in [3.8, 4) is 0 Å². The monoisotopic (exact) mass is 286 g/mol. The van der Waals surface area contributed by atoms with Gasteiger partial charge >= 0.3 is 18.0 Å². The molecule has 106 valence electrons. The zero-order valence-electron chi connectivity index (χ0n) is 9.45. The smallest absolute Gasteiger partial charge is 0.199 e. The molecule has 0 spiro atoms. The normalized spacial score (nSPS) is 13.4. The lowest BCUT2D eigenvalue weighted by atomic mass is 9.97. The summed E-state index contributed by atoms with van der Waals surface area (Å²) in [6, 6.07) is 5.05. The van der Waals surface area contributed by atoms with Gasteiger partial charge in [0.25, 0.3) is 0 Å². The first-order valence-electron chi connectivity index (χ1n) is 5.05. The quantitative estimate of drug-likeness (QED) is 0.703. The van der Waals surface area contributed by atoms with Gasteiger partial charge < -0.3 is 0 Å². The van der Waals surface area contributed by atoms with Crippen molar-refractivity contribution in [1.29, 1.82) is 0 Å². The molecular weight excluding hydrogens is 277 g/mol. The second-order valence-corrected chi connectivity index (χ2v) is 3.86. The molecule has 0 heterocycles. The van der Waals surface area contributed by atoms with Crippen LogP contribution in [0.3, 0.4) is 0 Å². The lowest BCUT2D eigenvalue weighted by Gasteiger charge is -2.28. The predicted molar refractivity (Wildman–Crippen MR) is 56.2 cm³/mol.